The van der Waals surface area contributed by atoms with Crippen molar-refractivity contribution in [2.75, 3.05) is 26.7 Å². The summed E-state index contributed by atoms with van der Waals surface area (Å²) in [4.78, 5) is 2.48. The molecule has 0 saturated carbocycles. The molecule has 2 nitrogen and oxygen atoms in total. The molecule has 1 aliphatic heterocycles. The fourth-order valence-electron chi connectivity index (χ4n) is 2.86. The zero-order valence-corrected chi connectivity index (χ0v) is 11.5. The van der Waals surface area contributed by atoms with Gasteiger partial charge in [-0.05, 0) is 50.9 Å². The van der Waals surface area contributed by atoms with Crippen LogP contribution in [0.5, 0.6) is 0 Å². The predicted octanol–water partition coefficient (Wildman–Crippen LogP) is 2.06. The molecule has 0 aromatic heterocycles. The Balaban J connectivity index is 2.17. The second-order valence-electron chi connectivity index (χ2n) is 5.42. The smallest absolute Gasteiger partial charge is 0.0258 e. The molecule has 1 atom stereocenters. The van der Waals surface area contributed by atoms with Gasteiger partial charge in [0.2, 0.25) is 0 Å². The topological polar surface area (TPSA) is 15.3 Å². The Hall–Kier alpha value is -0.860. The average Bonchev–Trinajstić information content (AvgIpc) is 2.25. The third-order valence-electron chi connectivity index (χ3n) is 3.92. The minimum atomic E-state index is 0.642. The molecule has 0 spiro atoms. The minimum Gasteiger partial charge on any atom is -0.314 e. The molecule has 17 heavy (non-hydrogen) atoms. The summed E-state index contributed by atoms with van der Waals surface area (Å²) in [7, 11) is 2.24. The molecule has 0 bridgehead atoms. The van der Waals surface area contributed by atoms with Crippen molar-refractivity contribution in [1.29, 1.82) is 0 Å². The van der Waals surface area contributed by atoms with Crippen LogP contribution in [0.1, 0.15) is 22.3 Å². The van der Waals surface area contributed by atoms with Crippen LogP contribution < -0.4 is 5.32 Å². The number of nitrogens with zero attached hydrogens (tertiary/aromatic N) is 1. The highest BCUT2D eigenvalue weighted by Gasteiger charge is 2.20. The second kappa shape index (κ2) is 5.19. The molecule has 1 aromatic rings. The first-order chi connectivity index (χ1) is 8.08. The highest BCUT2D eigenvalue weighted by Crippen LogP contribution is 2.19. The van der Waals surface area contributed by atoms with E-state index in [1.807, 2.05) is 0 Å². The number of nitrogens with one attached hydrogen (secondary N) is 1. The largest absolute Gasteiger partial charge is 0.314 e. The average molecular weight is 232 g/mol. The van der Waals surface area contributed by atoms with Crippen LogP contribution in [-0.4, -0.2) is 37.6 Å². The third kappa shape index (κ3) is 2.88. The Labute approximate surface area is 105 Å². The van der Waals surface area contributed by atoms with Crippen molar-refractivity contribution < 1.29 is 0 Å². The van der Waals surface area contributed by atoms with E-state index in [2.05, 4.69) is 50.2 Å². The third-order valence-corrected chi connectivity index (χ3v) is 3.92. The number of likely N-dealkylation sites (N-methyl/N-ethyl adjacent to an activating group) is 1. The lowest BCUT2D eigenvalue weighted by Crippen LogP contribution is -2.50. The van der Waals surface area contributed by atoms with E-state index >= 15 is 0 Å². The fraction of sp³-hybridized carbons (Fsp3) is 0.600. The quantitative estimate of drug-likeness (QED) is 0.839. The lowest BCUT2D eigenvalue weighted by atomic mass is 9.93. The molecular weight excluding hydrogens is 208 g/mol. The zero-order chi connectivity index (χ0) is 12.4. The Bertz CT molecular complexity index is 375. The lowest BCUT2D eigenvalue weighted by Gasteiger charge is -2.34. The van der Waals surface area contributed by atoms with Crippen molar-refractivity contribution >= 4 is 0 Å². The standard InChI is InChI=1S/C15H24N2/c1-11-7-12(2)15(13(3)8-11)9-14-10-16-5-6-17(14)4/h7-8,14,16H,5-6,9-10H2,1-4H3. The van der Waals surface area contributed by atoms with E-state index in [-0.39, 0.29) is 0 Å². The first-order valence-corrected chi connectivity index (χ1v) is 6.55. The molecule has 1 aliphatic rings. The summed E-state index contributed by atoms with van der Waals surface area (Å²) in [6.45, 7) is 10.1. The van der Waals surface area contributed by atoms with Gasteiger partial charge < -0.3 is 10.2 Å². The van der Waals surface area contributed by atoms with Crippen LogP contribution in [0.15, 0.2) is 12.1 Å². The maximum absolute atomic E-state index is 3.49. The van der Waals surface area contributed by atoms with Crippen molar-refractivity contribution in [1.82, 2.24) is 10.2 Å². The van der Waals surface area contributed by atoms with Crippen LogP contribution in [0, 0.1) is 20.8 Å². The number of rotatable bonds is 2. The van der Waals surface area contributed by atoms with Crippen molar-refractivity contribution in [3.8, 4) is 0 Å². The van der Waals surface area contributed by atoms with Gasteiger partial charge in [0.1, 0.15) is 0 Å². The number of hydrogen-bond acceptors (Lipinski definition) is 2. The molecule has 1 heterocycles. The summed E-state index contributed by atoms with van der Waals surface area (Å²) in [5, 5.41) is 3.49. The molecule has 1 saturated heterocycles. The molecule has 1 N–H and O–H groups in total. The summed E-state index contributed by atoms with van der Waals surface area (Å²) in [6, 6.07) is 5.25. The van der Waals surface area contributed by atoms with Crippen molar-refractivity contribution in [3.05, 3.63) is 34.4 Å². The molecule has 94 valence electrons. The highest BCUT2D eigenvalue weighted by molar-refractivity contribution is 5.38. The van der Waals surface area contributed by atoms with Crippen LogP contribution >= 0.6 is 0 Å². The van der Waals surface area contributed by atoms with Crippen molar-refractivity contribution in [2.24, 2.45) is 0 Å². The Kier molecular flexibility index (Phi) is 3.85. The van der Waals surface area contributed by atoms with Gasteiger partial charge >= 0.3 is 0 Å². The van der Waals surface area contributed by atoms with Gasteiger partial charge in [0, 0.05) is 25.7 Å². The first kappa shape index (κ1) is 12.6. The molecule has 0 aliphatic carbocycles. The summed E-state index contributed by atoms with van der Waals surface area (Å²) in [6.07, 6.45) is 1.17. The zero-order valence-electron chi connectivity index (χ0n) is 11.5. The van der Waals surface area contributed by atoms with Gasteiger partial charge in [-0.15, -0.1) is 0 Å². The molecule has 1 unspecified atom stereocenters. The Morgan fingerprint density at radius 3 is 2.47 bits per heavy atom. The monoisotopic (exact) mass is 232 g/mol. The van der Waals surface area contributed by atoms with E-state index in [0.29, 0.717) is 6.04 Å². The number of aryl methyl sites for hydroxylation is 3. The highest BCUT2D eigenvalue weighted by atomic mass is 15.2. The summed E-state index contributed by atoms with van der Waals surface area (Å²) in [5.41, 5.74) is 5.80. The van der Waals surface area contributed by atoms with E-state index in [1.54, 1.807) is 0 Å². The van der Waals surface area contributed by atoms with Gasteiger partial charge in [-0.2, -0.15) is 0 Å². The normalized spacial score (nSPS) is 21.8. The summed E-state index contributed by atoms with van der Waals surface area (Å²) in [5.74, 6) is 0. The van der Waals surface area contributed by atoms with Gasteiger partial charge in [-0.3, -0.25) is 0 Å². The van der Waals surface area contributed by atoms with Gasteiger partial charge in [0.05, 0.1) is 0 Å². The van der Waals surface area contributed by atoms with Crippen LogP contribution in [0.4, 0.5) is 0 Å². The molecule has 2 rings (SSSR count). The molecule has 2 heteroatoms. The Morgan fingerprint density at radius 1 is 1.24 bits per heavy atom. The SMILES string of the molecule is Cc1cc(C)c(CC2CNCCN2C)c(C)c1. The summed E-state index contributed by atoms with van der Waals surface area (Å²) >= 11 is 0. The van der Waals surface area contributed by atoms with Gasteiger partial charge in [-0.1, -0.05) is 17.7 Å². The Morgan fingerprint density at radius 2 is 1.88 bits per heavy atom. The van der Waals surface area contributed by atoms with Gasteiger partial charge in [0.15, 0.2) is 0 Å². The molecule has 1 fully saturated rings. The van der Waals surface area contributed by atoms with Gasteiger partial charge in [0.25, 0.3) is 0 Å². The minimum absolute atomic E-state index is 0.642. The van der Waals surface area contributed by atoms with Crippen LogP contribution in [-0.2, 0) is 6.42 Å². The van der Waals surface area contributed by atoms with E-state index in [9.17, 15) is 0 Å². The van der Waals surface area contributed by atoms with Crippen LogP contribution in [0.3, 0.4) is 0 Å². The second-order valence-corrected chi connectivity index (χ2v) is 5.42. The lowest BCUT2D eigenvalue weighted by molar-refractivity contribution is 0.199. The van der Waals surface area contributed by atoms with Gasteiger partial charge in [-0.25, -0.2) is 0 Å². The van der Waals surface area contributed by atoms with E-state index in [4.69, 9.17) is 0 Å². The maximum Gasteiger partial charge on any atom is 0.0258 e. The summed E-state index contributed by atoms with van der Waals surface area (Å²) < 4.78 is 0. The fourth-order valence-corrected chi connectivity index (χ4v) is 2.86. The van der Waals surface area contributed by atoms with E-state index in [0.717, 1.165) is 19.6 Å². The first-order valence-electron chi connectivity index (χ1n) is 6.55. The maximum atomic E-state index is 3.49. The molecular formula is C15H24N2. The van der Waals surface area contributed by atoms with E-state index in [1.165, 1.54) is 28.7 Å². The number of hydrogen-bond donors (Lipinski definition) is 1. The predicted molar refractivity (Wildman–Crippen MR) is 73.6 cm³/mol. The van der Waals surface area contributed by atoms with Crippen molar-refractivity contribution in [2.45, 2.75) is 33.2 Å². The van der Waals surface area contributed by atoms with Crippen LogP contribution in [0.2, 0.25) is 0 Å². The molecule has 0 radical (unpaired) electrons. The van der Waals surface area contributed by atoms with E-state index < -0.39 is 0 Å². The van der Waals surface area contributed by atoms with Crippen LogP contribution in [0.25, 0.3) is 0 Å². The number of benzene rings is 1. The molecule has 1 aromatic carbocycles. The number of piperazine rings is 1. The molecule has 0 amide bonds. The van der Waals surface area contributed by atoms with Crippen molar-refractivity contribution in [3.63, 3.8) is 0 Å².